The fourth-order valence-corrected chi connectivity index (χ4v) is 4.32. The van der Waals surface area contributed by atoms with E-state index in [4.69, 9.17) is 4.74 Å². The van der Waals surface area contributed by atoms with Gasteiger partial charge in [-0.1, -0.05) is 19.3 Å². The van der Waals surface area contributed by atoms with Crippen molar-refractivity contribution in [3.8, 4) is 0 Å². The van der Waals surface area contributed by atoms with Gasteiger partial charge in [-0.05, 0) is 12.8 Å². The summed E-state index contributed by atoms with van der Waals surface area (Å²) in [5, 5.41) is -6.81. The standard InChI is InChI=1S/C15H19F9N2O3S/c16-12(17,14(20,21)22)13(18,19)15(23,24)30(27,28)25-11(10-4-2-1-3-5-10)26-6-8-29-9-7-26/h10H,1-9H2/b25-11-. The van der Waals surface area contributed by atoms with Gasteiger partial charge in [0.1, 0.15) is 5.84 Å². The van der Waals surface area contributed by atoms with Crippen LogP contribution in [0.5, 0.6) is 0 Å². The number of morpholine rings is 1. The average Bonchev–Trinajstić information content (AvgIpc) is 2.66. The molecule has 0 radical (unpaired) electrons. The lowest BCUT2D eigenvalue weighted by Gasteiger charge is -2.36. The Morgan fingerprint density at radius 2 is 1.33 bits per heavy atom. The lowest BCUT2D eigenvalue weighted by atomic mass is 9.88. The van der Waals surface area contributed by atoms with Crippen molar-refractivity contribution in [2.24, 2.45) is 10.3 Å². The van der Waals surface area contributed by atoms with E-state index in [1.807, 2.05) is 0 Å². The van der Waals surface area contributed by atoms with E-state index >= 15 is 0 Å². The van der Waals surface area contributed by atoms with Crippen LogP contribution in [0.4, 0.5) is 39.5 Å². The maximum absolute atomic E-state index is 14.0. The van der Waals surface area contributed by atoms with Crippen molar-refractivity contribution in [1.82, 2.24) is 4.90 Å². The molecule has 30 heavy (non-hydrogen) atoms. The second kappa shape index (κ2) is 8.36. The van der Waals surface area contributed by atoms with E-state index in [1.165, 1.54) is 4.90 Å². The molecule has 0 aromatic heterocycles. The van der Waals surface area contributed by atoms with Gasteiger partial charge in [0.25, 0.3) is 0 Å². The Morgan fingerprint density at radius 1 is 0.833 bits per heavy atom. The Balaban J connectivity index is 2.51. The third-order valence-corrected chi connectivity index (χ3v) is 6.29. The zero-order chi connectivity index (χ0) is 23.0. The third-order valence-electron chi connectivity index (χ3n) is 4.96. The van der Waals surface area contributed by atoms with Gasteiger partial charge in [0, 0.05) is 19.0 Å². The van der Waals surface area contributed by atoms with E-state index in [9.17, 15) is 47.9 Å². The molecule has 0 unspecified atom stereocenters. The number of hydrogen-bond acceptors (Lipinski definition) is 3. The summed E-state index contributed by atoms with van der Waals surface area (Å²) in [6.45, 7) is -0.00791. The maximum atomic E-state index is 14.0. The normalized spacial score (nSPS) is 21.8. The summed E-state index contributed by atoms with van der Waals surface area (Å²) < 4.78 is 150. The highest BCUT2D eigenvalue weighted by Crippen LogP contribution is 2.55. The van der Waals surface area contributed by atoms with Crippen molar-refractivity contribution in [2.75, 3.05) is 26.3 Å². The fraction of sp³-hybridized carbons (Fsp3) is 0.933. The van der Waals surface area contributed by atoms with Gasteiger partial charge in [-0.25, -0.2) is 0 Å². The molecule has 5 nitrogen and oxygen atoms in total. The van der Waals surface area contributed by atoms with Crippen LogP contribution in [0, 0.1) is 5.92 Å². The Kier molecular flexibility index (Phi) is 6.97. The minimum Gasteiger partial charge on any atom is -0.378 e. The topological polar surface area (TPSA) is 59.0 Å². The summed E-state index contributed by atoms with van der Waals surface area (Å²) in [6, 6.07) is 0. The summed E-state index contributed by atoms with van der Waals surface area (Å²) in [4.78, 5) is 1.19. The fourth-order valence-electron chi connectivity index (χ4n) is 3.25. The Morgan fingerprint density at radius 3 is 1.80 bits per heavy atom. The second-order valence-corrected chi connectivity index (χ2v) is 8.67. The monoisotopic (exact) mass is 478 g/mol. The Labute approximate surface area is 166 Å². The van der Waals surface area contributed by atoms with E-state index in [0.717, 1.165) is 6.42 Å². The van der Waals surface area contributed by atoms with Gasteiger partial charge in [0.2, 0.25) is 0 Å². The molecule has 1 aliphatic carbocycles. The van der Waals surface area contributed by atoms with Crippen molar-refractivity contribution >= 4 is 15.9 Å². The number of ether oxygens (including phenoxy) is 1. The summed E-state index contributed by atoms with van der Waals surface area (Å²) >= 11 is 0. The molecule has 2 aliphatic rings. The summed E-state index contributed by atoms with van der Waals surface area (Å²) in [7, 11) is -6.82. The zero-order valence-corrected chi connectivity index (χ0v) is 16.2. The molecule has 176 valence electrons. The van der Waals surface area contributed by atoms with Crippen molar-refractivity contribution in [2.45, 2.75) is 55.4 Å². The Hall–Kier alpha value is -1.25. The van der Waals surface area contributed by atoms with Crippen LogP contribution in [0.1, 0.15) is 32.1 Å². The van der Waals surface area contributed by atoms with E-state index in [0.29, 0.717) is 12.8 Å². The number of rotatable bonds is 5. The smallest absolute Gasteiger partial charge is 0.378 e. The van der Waals surface area contributed by atoms with Gasteiger partial charge in [-0.2, -0.15) is 47.9 Å². The number of hydrogen-bond donors (Lipinski definition) is 0. The van der Waals surface area contributed by atoms with Crippen LogP contribution in [0.15, 0.2) is 4.40 Å². The van der Waals surface area contributed by atoms with Crippen LogP contribution in [-0.4, -0.2) is 68.7 Å². The number of nitrogens with zero attached hydrogens (tertiary/aromatic N) is 2. The van der Waals surface area contributed by atoms with E-state index in [2.05, 4.69) is 4.40 Å². The highest BCUT2D eigenvalue weighted by Gasteiger charge is 2.85. The van der Waals surface area contributed by atoms with E-state index < -0.39 is 45.1 Å². The first-order chi connectivity index (χ1) is 13.6. The summed E-state index contributed by atoms with van der Waals surface area (Å²) in [5.41, 5.74) is 0. The molecule has 0 spiro atoms. The second-order valence-electron chi connectivity index (χ2n) is 7.02. The molecule has 15 heteroatoms. The molecular formula is C15H19F9N2O3S. The molecule has 0 bridgehead atoms. The summed E-state index contributed by atoms with van der Waals surface area (Å²) in [6.07, 6.45) is -4.74. The molecule has 0 amide bonds. The lowest BCUT2D eigenvalue weighted by Crippen LogP contribution is -2.63. The molecule has 0 atom stereocenters. The maximum Gasteiger partial charge on any atom is 0.460 e. The number of alkyl halides is 9. The minimum absolute atomic E-state index is 0.0322. The highest BCUT2D eigenvalue weighted by molar-refractivity contribution is 7.91. The summed E-state index contributed by atoms with van der Waals surface area (Å²) in [5.74, 6) is -15.9. The van der Waals surface area contributed by atoms with Crippen LogP contribution in [0.3, 0.4) is 0 Å². The van der Waals surface area contributed by atoms with Crippen LogP contribution < -0.4 is 0 Å². The lowest BCUT2D eigenvalue weighted by molar-refractivity contribution is -0.382. The van der Waals surface area contributed by atoms with Crippen molar-refractivity contribution in [3.05, 3.63) is 0 Å². The van der Waals surface area contributed by atoms with Crippen molar-refractivity contribution < 1.29 is 52.7 Å². The van der Waals surface area contributed by atoms with E-state index in [1.54, 1.807) is 0 Å². The molecule has 0 aromatic rings. The molecule has 2 fully saturated rings. The van der Waals surface area contributed by atoms with Gasteiger partial charge in [-0.3, -0.25) is 0 Å². The van der Waals surface area contributed by atoms with Gasteiger partial charge >= 0.3 is 33.3 Å². The van der Waals surface area contributed by atoms with Crippen molar-refractivity contribution in [1.29, 1.82) is 0 Å². The molecule has 0 N–H and O–H groups in total. The predicted molar refractivity (Wildman–Crippen MR) is 86.2 cm³/mol. The minimum atomic E-state index is -7.31. The van der Waals surface area contributed by atoms with Crippen LogP contribution in [-0.2, 0) is 14.8 Å². The largest absolute Gasteiger partial charge is 0.460 e. The molecule has 1 saturated heterocycles. The van der Waals surface area contributed by atoms with E-state index in [-0.39, 0.29) is 39.1 Å². The zero-order valence-electron chi connectivity index (χ0n) is 15.4. The highest BCUT2D eigenvalue weighted by atomic mass is 32.2. The number of sulfonamides is 1. The van der Waals surface area contributed by atoms with Gasteiger partial charge < -0.3 is 9.64 Å². The molecular weight excluding hydrogens is 459 g/mol. The molecule has 1 aliphatic heterocycles. The number of amidine groups is 1. The van der Waals surface area contributed by atoms with Crippen LogP contribution >= 0.6 is 0 Å². The SMILES string of the molecule is O=S(=O)(/N=C(/C1CCCCC1)N1CCOCC1)C(F)(F)C(F)(F)C(F)(F)C(F)(F)F. The first kappa shape index (κ1) is 25.0. The first-order valence-corrected chi connectivity index (χ1v) is 10.4. The van der Waals surface area contributed by atoms with Gasteiger partial charge in [-0.15, -0.1) is 4.40 Å². The predicted octanol–water partition coefficient (Wildman–Crippen LogP) is 4.05. The molecule has 0 aromatic carbocycles. The average molecular weight is 478 g/mol. The molecule has 1 heterocycles. The molecule has 2 rings (SSSR count). The van der Waals surface area contributed by atoms with Gasteiger partial charge in [0.15, 0.2) is 0 Å². The number of halogens is 9. The first-order valence-electron chi connectivity index (χ1n) is 8.93. The quantitative estimate of drug-likeness (QED) is 0.340. The molecule has 1 saturated carbocycles. The Bertz CT molecular complexity index is 721. The van der Waals surface area contributed by atoms with Gasteiger partial charge in [0.05, 0.1) is 13.2 Å². The third kappa shape index (κ3) is 4.36. The van der Waals surface area contributed by atoms with Crippen LogP contribution in [0.25, 0.3) is 0 Å². The van der Waals surface area contributed by atoms with Crippen molar-refractivity contribution in [3.63, 3.8) is 0 Å². The van der Waals surface area contributed by atoms with Crippen LogP contribution in [0.2, 0.25) is 0 Å².